The number of benzene rings is 2. The molecule has 0 aliphatic heterocycles. The van der Waals surface area contributed by atoms with Gasteiger partial charge in [0, 0.05) is 6.07 Å². The summed E-state index contributed by atoms with van der Waals surface area (Å²) >= 11 is 17.8. The van der Waals surface area contributed by atoms with Gasteiger partial charge >= 0.3 is 5.97 Å². The minimum Gasteiger partial charge on any atom is -0.497 e. The highest BCUT2D eigenvalue weighted by atomic mass is 35.5. The standard InChI is InChI=1S/C16H13Cl3O4/c1-9(22-15-8-13(18)12(17)7-14(15)19)16(20)23-11-5-3-10(21-2)4-6-11/h3-9H,1-2H3/t9-/m0/s1. The smallest absolute Gasteiger partial charge is 0.352 e. The Bertz CT molecular complexity index is 701. The second kappa shape index (κ2) is 7.77. The van der Waals surface area contributed by atoms with Crippen LogP contribution in [0.15, 0.2) is 36.4 Å². The van der Waals surface area contributed by atoms with Crippen molar-refractivity contribution in [1.29, 1.82) is 0 Å². The van der Waals surface area contributed by atoms with E-state index in [1.165, 1.54) is 12.1 Å². The van der Waals surface area contributed by atoms with E-state index in [1.54, 1.807) is 38.3 Å². The van der Waals surface area contributed by atoms with Gasteiger partial charge in [0.25, 0.3) is 0 Å². The fraction of sp³-hybridized carbons (Fsp3) is 0.188. The van der Waals surface area contributed by atoms with E-state index >= 15 is 0 Å². The molecule has 0 heterocycles. The van der Waals surface area contributed by atoms with Crippen LogP contribution in [0.2, 0.25) is 15.1 Å². The van der Waals surface area contributed by atoms with Crippen LogP contribution in [0.5, 0.6) is 17.2 Å². The topological polar surface area (TPSA) is 44.8 Å². The van der Waals surface area contributed by atoms with E-state index in [4.69, 9.17) is 49.0 Å². The SMILES string of the molecule is COc1ccc(OC(=O)[C@H](C)Oc2cc(Cl)c(Cl)cc2Cl)cc1. The lowest BCUT2D eigenvalue weighted by atomic mass is 10.3. The lowest BCUT2D eigenvalue weighted by molar-refractivity contribution is -0.141. The van der Waals surface area contributed by atoms with Crippen molar-refractivity contribution in [2.24, 2.45) is 0 Å². The molecule has 7 heteroatoms. The Morgan fingerprint density at radius 2 is 1.52 bits per heavy atom. The van der Waals surface area contributed by atoms with Gasteiger partial charge in [-0.1, -0.05) is 34.8 Å². The van der Waals surface area contributed by atoms with Crippen LogP contribution in [0.3, 0.4) is 0 Å². The first-order valence-corrected chi connectivity index (χ1v) is 7.71. The monoisotopic (exact) mass is 374 g/mol. The molecule has 0 aromatic heterocycles. The predicted molar refractivity (Wildman–Crippen MR) is 90.2 cm³/mol. The molecule has 0 fully saturated rings. The molecule has 1 atom stereocenters. The maximum Gasteiger partial charge on any atom is 0.352 e. The summed E-state index contributed by atoms with van der Waals surface area (Å²) in [5, 5.41) is 0.836. The second-order valence-electron chi connectivity index (χ2n) is 4.55. The zero-order valence-electron chi connectivity index (χ0n) is 12.3. The molecule has 0 unspecified atom stereocenters. The van der Waals surface area contributed by atoms with Crippen LogP contribution in [-0.4, -0.2) is 19.2 Å². The van der Waals surface area contributed by atoms with Gasteiger partial charge in [0.05, 0.1) is 22.2 Å². The third kappa shape index (κ3) is 4.67. The molecule has 0 saturated carbocycles. The molecule has 122 valence electrons. The maximum atomic E-state index is 12.1. The normalized spacial score (nSPS) is 11.7. The lowest BCUT2D eigenvalue weighted by Crippen LogP contribution is -2.28. The van der Waals surface area contributed by atoms with Crippen molar-refractivity contribution in [1.82, 2.24) is 0 Å². The Kier molecular flexibility index (Phi) is 5.99. The molecule has 0 aliphatic carbocycles. The minimum atomic E-state index is -0.883. The van der Waals surface area contributed by atoms with Crippen molar-refractivity contribution in [2.45, 2.75) is 13.0 Å². The molecule has 0 aliphatic rings. The number of carbonyl (C=O) groups is 1. The van der Waals surface area contributed by atoms with E-state index in [2.05, 4.69) is 0 Å². The van der Waals surface area contributed by atoms with Crippen LogP contribution in [0.1, 0.15) is 6.92 Å². The number of hydrogen-bond donors (Lipinski definition) is 0. The molecule has 2 rings (SSSR count). The number of methoxy groups -OCH3 is 1. The third-order valence-electron chi connectivity index (χ3n) is 2.89. The van der Waals surface area contributed by atoms with E-state index in [0.717, 1.165) is 0 Å². The molecule has 2 aromatic carbocycles. The molecule has 4 nitrogen and oxygen atoms in total. The second-order valence-corrected chi connectivity index (χ2v) is 5.78. The molecular formula is C16H13Cl3O4. The van der Waals surface area contributed by atoms with Gasteiger partial charge in [-0.3, -0.25) is 0 Å². The Labute approximate surface area is 148 Å². The number of hydrogen-bond acceptors (Lipinski definition) is 4. The quantitative estimate of drug-likeness (QED) is 0.418. The van der Waals surface area contributed by atoms with Crippen molar-refractivity contribution < 1.29 is 19.0 Å². The lowest BCUT2D eigenvalue weighted by Gasteiger charge is -2.15. The van der Waals surface area contributed by atoms with Crippen molar-refractivity contribution in [3.05, 3.63) is 51.5 Å². The molecule has 0 saturated heterocycles. The number of esters is 1. The summed E-state index contributed by atoms with van der Waals surface area (Å²) in [5.41, 5.74) is 0. The van der Waals surface area contributed by atoms with Crippen LogP contribution >= 0.6 is 34.8 Å². The largest absolute Gasteiger partial charge is 0.497 e. The Morgan fingerprint density at radius 1 is 0.957 bits per heavy atom. The van der Waals surface area contributed by atoms with Crippen LogP contribution in [0, 0.1) is 0 Å². The highest BCUT2D eigenvalue weighted by Crippen LogP contribution is 2.34. The van der Waals surface area contributed by atoms with E-state index in [-0.39, 0.29) is 15.8 Å². The molecule has 23 heavy (non-hydrogen) atoms. The molecule has 0 bridgehead atoms. The van der Waals surface area contributed by atoms with Crippen molar-refractivity contribution >= 4 is 40.8 Å². The van der Waals surface area contributed by atoms with Gasteiger partial charge in [-0.2, -0.15) is 0 Å². The van der Waals surface area contributed by atoms with Crippen molar-refractivity contribution in [3.63, 3.8) is 0 Å². The van der Waals surface area contributed by atoms with Crippen LogP contribution in [0.4, 0.5) is 0 Å². The fourth-order valence-electron chi connectivity index (χ4n) is 1.68. The predicted octanol–water partition coefficient (Wildman–Crippen LogP) is 5.03. The fourth-order valence-corrected chi connectivity index (χ4v) is 2.26. The summed E-state index contributed by atoms with van der Waals surface area (Å²) in [6.45, 7) is 1.55. The molecule has 0 spiro atoms. The Balaban J connectivity index is 2.03. The van der Waals surface area contributed by atoms with Gasteiger partial charge in [-0.15, -0.1) is 0 Å². The summed E-state index contributed by atoms with van der Waals surface area (Å²) in [5.74, 6) is 0.723. The van der Waals surface area contributed by atoms with Gasteiger partial charge in [-0.25, -0.2) is 4.79 Å². The number of ether oxygens (including phenoxy) is 3. The van der Waals surface area contributed by atoms with Crippen LogP contribution in [-0.2, 0) is 4.79 Å². The number of halogens is 3. The van der Waals surface area contributed by atoms with Crippen LogP contribution < -0.4 is 14.2 Å². The van der Waals surface area contributed by atoms with E-state index < -0.39 is 12.1 Å². The first-order valence-electron chi connectivity index (χ1n) is 6.57. The van der Waals surface area contributed by atoms with Crippen LogP contribution in [0.25, 0.3) is 0 Å². The van der Waals surface area contributed by atoms with Gasteiger partial charge in [0.1, 0.15) is 17.2 Å². The summed E-state index contributed by atoms with van der Waals surface area (Å²) in [6.07, 6.45) is -0.883. The zero-order chi connectivity index (χ0) is 17.0. The average molecular weight is 376 g/mol. The number of rotatable bonds is 5. The van der Waals surface area contributed by atoms with Crippen molar-refractivity contribution in [3.8, 4) is 17.2 Å². The van der Waals surface area contributed by atoms with Gasteiger partial charge in [0.15, 0.2) is 6.10 Å². The average Bonchev–Trinajstić information content (AvgIpc) is 2.53. The van der Waals surface area contributed by atoms with E-state index in [1.807, 2.05) is 0 Å². The first-order chi connectivity index (χ1) is 10.9. The molecular weight excluding hydrogens is 363 g/mol. The summed E-state index contributed by atoms with van der Waals surface area (Å²) in [7, 11) is 1.55. The summed E-state index contributed by atoms with van der Waals surface area (Å²) < 4.78 is 15.7. The van der Waals surface area contributed by atoms with E-state index in [0.29, 0.717) is 16.5 Å². The van der Waals surface area contributed by atoms with Gasteiger partial charge in [0.2, 0.25) is 0 Å². The van der Waals surface area contributed by atoms with E-state index in [9.17, 15) is 4.79 Å². The third-order valence-corrected chi connectivity index (χ3v) is 3.91. The molecule has 0 amide bonds. The Hall–Kier alpha value is -1.62. The molecule has 2 aromatic rings. The van der Waals surface area contributed by atoms with Crippen molar-refractivity contribution in [2.75, 3.05) is 7.11 Å². The van der Waals surface area contributed by atoms with Gasteiger partial charge in [-0.05, 0) is 37.3 Å². The summed E-state index contributed by atoms with van der Waals surface area (Å²) in [4.78, 5) is 12.1. The number of carbonyl (C=O) groups excluding carboxylic acids is 1. The van der Waals surface area contributed by atoms with Gasteiger partial charge < -0.3 is 14.2 Å². The molecule has 0 N–H and O–H groups in total. The highest BCUT2D eigenvalue weighted by Gasteiger charge is 2.19. The highest BCUT2D eigenvalue weighted by molar-refractivity contribution is 6.43. The summed E-state index contributed by atoms with van der Waals surface area (Å²) in [6, 6.07) is 9.50. The minimum absolute atomic E-state index is 0.250. The molecule has 0 radical (unpaired) electrons. The Morgan fingerprint density at radius 3 is 2.13 bits per heavy atom. The first kappa shape index (κ1) is 17.7. The maximum absolute atomic E-state index is 12.1. The zero-order valence-corrected chi connectivity index (χ0v) is 14.6.